The SMILES string of the molecule is CCCNC(C#N)(COC1CCCC(OC)C1)C1CC1. The largest absolute Gasteiger partial charge is 0.381 e. The first-order valence-corrected chi connectivity index (χ1v) is 8.04. The molecule has 0 saturated heterocycles. The van der Waals surface area contributed by atoms with E-state index in [-0.39, 0.29) is 6.10 Å². The summed E-state index contributed by atoms with van der Waals surface area (Å²) in [5.41, 5.74) is -0.462. The van der Waals surface area contributed by atoms with Crippen molar-refractivity contribution in [2.24, 2.45) is 5.92 Å². The lowest BCUT2D eigenvalue weighted by molar-refractivity contribution is -0.0445. The number of ether oxygens (including phenoxy) is 2. The van der Waals surface area contributed by atoms with E-state index in [9.17, 15) is 5.26 Å². The number of nitrogens with one attached hydrogen (secondary N) is 1. The first-order chi connectivity index (χ1) is 9.74. The molecule has 0 aromatic rings. The molecular formula is C16H28N2O2. The van der Waals surface area contributed by atoms with Gasteiger partial charge in [0.25, 0.3) is 0 Å². The molecule has 20 heavy (non-hydrogen) atoms. The summed E-state index contributed by atoms with van der Waals surface area (Å²) < 4.78 is 11.5. The van der Waals surface area contributed by atoms with E-state index in [1.165, 1.54) is 0 Å². The summed E-state index contributed by atoms with van der Waals surface area (Å²) in [5, 5.41) is 13.1. The molecule has 0 aliphatic heterocycles. The number of nitriles is 1. The van der Waals surface area contributed by atoms with Gasteiger partial charge in [0.05, 0.1) is 24.9 Å². The second kappa shape index (κ2) is 7.40. The molecule has 4 heteroatoms. The molecule has 0 bridgehead atoms. The van der Waals surface area contributed by atoms with E-state index in [1.54, 1.807) is 7.11 Å². The van der Waals surface area contributed by atoms with Gasteiger partial charge in [0.1, 0.15) is 5.54 Å². The highest BCUT2D eigenvalue weighted by Crippen LogP contribution is 2.40. The van der Waals surface area contributed by atoms with Gasteiger partial charge in [-0.1, -0.05) is 6.92 Å². The lowest BCUT2D eigenvalue weighted by Crippen LogP contribution is -2.51. The van der Waals surface area contributed by atoms with Gasteiger partial charge in [-0.3, -0.25) is 5.32 Å². The summed E-state index contributed by atoms with van der Waals surface area (Å²) in [6, 6.07) is 2.51. The zero-order valence-electron chi connectivity index (χ0n) is 12.9. The van der Waals surface area contributed by atoms with E-state index in [1.807, 2.05) is 0 Å². The van der Waals surface area contributed by atoms with E-state index in [4.69, 9.17) is 9.47 Å². The Morgan fingerprint density at radius 1 is 1.25 bits per heavy atom. The second-order valence-electron chi connectivity index (χ2n) is 6.24. The zero-order chi connectivity index (χ0) is 14.4. The Bertz CT molecular complexity index is 338. The van der Waals surface area contributed by atoms with Crippen molar-refractivity contribution < 1.29 is 9.47 Å². The van der Waals surface area contributed by atoms with E-state index < -0.39 is 5.54 Å². The van der Waals surface area contributed by atoms with Crippen molar-refractivity contribution in [2.75, 3.05) is 20.3 Å². The Hall–Kier alpha value is -0.630. The third kappa shape index (κ3) is 3.94. The highest BCUT2D eigenvalue weighted by molar-refractivity contribution is 5.15. The summed E-state index contributed by atoms with van der Waals surface area (Å²) in [6.07, 6.45) is 8.29. The highest BCUT2D eigenvalue weighted by atomic mass is 16.5. The van der Waals surface area contributed by atoms with Crippen LogP contribution in [0.1, 0.15) is 51.9 Å². The summed E-state index contributed by atoms with van der Waals surface area (Å²) >= 11 is 0. The maximum absolute atomic E-state index is 9.62. The fraction of sp³-hybridized carbons (Fsp3) is 0.938. The van der Waals surface area contributed by atoms with Crippen LogP contribution in [-0.2, 0) is 9.47 Å². The van der Waals surface area contributed by atoms with Crippen LogP contribution in [0.4, 0.5) is 0 Å². The topological polar surface area (TPSA) is 54.3 Å². The van der Waals surface area contributed by atoms with Crippen LogP contribution in [0, 0.1) is 17.2 Å². The molecule has 3 atom stereocenters. The van der Waals surface area contributed by atoms with Crippen LogP contribution < -0.4 is 5.32 Å². The number of methoxy groups -OCH3 is 1. The van der Waals surface area contributed by atoms with Crippen molar-refractivity contribution in [3.63, 3.8) is 0 Å². The lowest BCUT2D eigenvalue weighted by Gasteiger charge is -2.33. The van der Waals surface area contributed by atoms with Crippen molar-refractivity contribution in [2.45, 2.75) is 69.6 Å². The Morgan fingerprint density at radius 2 is 2.00 bits per heavy atom. The van der Waals surface area contributed by atoms with Crippen molar-refractivity contribution in [3.8, 4) is 6.07 Å². The van der Waals surface area contributed by atoms with Gasteiger partial charge >= 0.3 is 0 Å². The Labute approximate surface area is 122 Å². The molecule has 0 aromatic heterocycles. The van der Waals surface area contributed by atoms with Gasteiger partial charge in [0, 0.05) is 7.11 Å². The lowest BCUT2D eigenvalue weighted by atomic mass is 9.93. The summed E-state index contributed by atoms with van der Waals surface area (Å²) in [4.78, 5) is 0. The molecule has 3 unspecified atom stereocenters. The average molecular weight is 280 g/mol. The molecule has 4 nitrogen and oxygen atoms in total. The van der Waals surface area contributed by atoms with Crippen molar-refractivity contribution in [3.05, 3.63) is 0 Å². The molecular weight excluding hydrogens is 252 g/mol. The van der Waals surface area contributed by atoms with Gasteiger partial charge in [-0.25, -0.2) is 0 Å². The van der Waals surface area contributed by atoms with Crippen LogP contribution >= 0.6 is 0 Å². The summed E-state index contributed by atoms with van der Waals surface area (Å²) in [6.45, 7) is 3.54. The highest BCUT2D eigenvalue weighted by Gasteiger charge is 2.46. The minimum atomic E-state index is -0.462. The van der Waals surface area contributed by atoms with Gasteiger partial charge < -0.3 is 9.47 Å². The molecule has 2 saturated carbocycles. The van der Waals surface area contributed by atoms with Crippen molar-refractivity contribution >= 4 is 0 Å². The number of hydrogen-bond acceptors (Lipinski definition) is 4. The van der Waals surface area contributed by atoms with Crippen LogP contribution in [0.2, 0.25) is 0 Å². The van der Waals surface area contributed by atoms with Crippen LogP contribution in [-0.4, -0.2) is 38.0 Å². The molecule has 2 rings (SSSR count). The monoisotopic (exact) mass is 280 g/mol. The van der Waals surface area contributed by atoms with E-state index >= 15 is 0 Å². The Morgan fingerprint density at radius 3 is 2.60 bits per heavy atom. The average Bonchev–Trinajstić information content (AvgIpc) is 3.33. The molecule has 1 N–H and O–H groups in total. The normalized spacial score (nSPS) is 29.6. The van der Waals surface area contributed by atoms with Gasteiger partial charge in [-0.15, -0.1) is 0 Å². The minimum absolute atomic E-state index is 0.253. The molecule has 2 aliphatic carbocycles. The first kappa shape index (κ1) is 15.8. The zero-order valence-corrected chi connectivity index (χ0v) is 12.9. The van der Waals surface area contributed by atoms with Gasteiger partial charge in [0.2, 0.25) is 0 Å². The number of nitrogens with zero attached hydrogens (tertiary/aromatic N) is 1. The maximum Gasteiger partial charge on any atom is 0.133 e. The number of hydrogen-bond donors (Lipinski definition) is 1. The Kier molecular flexibility index (Phi) is 5.83. The summed E-state index contributed by atoms with van der Waals surface area (Å²) in [7, 11) is 1.78. The fourth-order valence-electron chi connectivity index (χ4n) is 3.12. The minimum Gasteiger partial charge on any atom is -0.381 e. The molecule has 2 fully saturated rings. The standard InChI is InChI=1S/C16H28N2O2/c1-3-9-18-16(11-17,13-7-8-13)12-20-15-6-4-5-14(10-15)19-2/h13-15,18H,3-10,12H2,1-2H3. The molecule has 0 amide bonds. The first-order valence-electron chi connectivity index (χ1n) is 8.04. The van der Waals surface area contributed by atoms with Crippen LogP contribution in [0.3, 0.4) is 0 Å². The van der Waals surface area contributed by atoms with Gasteiger partial charge in [-0.2, -0.15) is 5.26 Å². The van der Waals surface area contributed by atoms with E-state index in [0.29, 0.717) is 18.6 Å². The molecule has 0 aromatic carbocycles. The molecule has 0 radical (unpaired) electrons. The van der Waals surface area contributed by atoms with Crippen LogP contribution in [0.5, 0.6) is 0 Å². The molecule has 114 valence electrons. The third-order valence-corrected chi connectivity index (χ3v) is 4.62. The maximum atomic E-state index is 9.62. The van der Waals surface area contributed by atoms with Crippen LogP contribution in [0.15, 0.2) is 0 Å². The summed E-state index contributed by atoms with van der Waals surface area (Å²) in [5.74, 6) is 0.473. The third-order valence-electron chi connectivity index (χ3n) is 4.62. The molecule has 0 heterocycles. The van der Waals surface area contributed by atoms with Crippen molar-refractivity contribution in [1.29, 1.82) is 5.26 Å². The molecule has 0 spiro atoms. The quantitative estimate of drug-likeness (QED) is 0.742. The van der Waals surface area contributed by atoms with E-state index in [0.717, 1.165) is 51.5 Å². The van der Waals surface area contributed by atoms with Crippen LogP contribution in [0.25, 0.3) is 0 Å². The second-order valence-corrected chi connectivity index (χ2v) is 6.24. The molecule has 2 aliphatic rings. The van der Waals surface area contributed by atoms with Crippen molar-refractivity contribution in [1.82, 2.24) is 5.32 Å². The predicted octanol–water partition coefficient (Wildman–Crippen LogP) is 2.63. The van der Waals surface area contributed by atoms with Gasteiger partial charge in [-0.05, 0) is 57.4 Å². The smallest absolute Gasteiger partial charge is 0.133 e. The predicted molar refractivity (Wildman–Crippen MR) is 78.4 cm³/mol. The Balaban J connectivity index is 1.86. The van der Waals surface area contributed by atoms with E-state index in [2.05, 4.69) is 18.3 Å². The number of rotatable bonds is 8. The van der Waals surface area contributed by atoms with Gasteiger partial charge in [0.15, 0.2) is 0 Å². The fourth-order valence-corrected chi connectivity index (χ4v) is 3.12.